The fourth-order valence-corrected chi connectivity index (χ4v) is 3.53. The van der Waals surface area contributed by atoms with Crippen LogP contribution in [0, 0.1) is 0 Å². The van der Waals surface area contributed by atoms with Gasteiger partial charge in [0.2, 0.25) is 0 Å². The average molecular weight is 536 g/mol. The number of amidine groups is 1. The molecule has 0 spiro atoms. The standard InChI is InChI=1S/C23H19F3N4O6S/c1-34-17-8-13(11-27-30-22-29-21(33)18(37-22)10-20(32)35-2)6-7-16(17)36-12-19(31)28-15-5-3-4-14(9-15)23(24,25)26/h3-11H,12H2,1-2H3,(H,28,31)(H,29,30,33)/b18-10+,27-11?. The van der Waals surface area contributed by atoms with E-state index >= 15 is 0 Å². The Kier molecular flexibility index (Phi) is 8.90. The van der Waals surface area contributed by atoms with Crippen LogP contribution in [0.2, 0.25) is 0 Å². The molecule has 37 heavy (non-hydrogen) atoms. The van der Waals surface area contributed by atoms with Gasteiger partial charge in [0.05, 0.1) is 30.9 Å². The van der Waals surface area contributed by atoms with E-state index in [0.717, 1.165) is 30.0 Å². The molecule has 2 amide bonds. The summed E-state index contributed by atoms with van der Waals surface area (Å²) >= 11 is 0.917. The van der Waals surface area contributed by atoms with Crippen LogP contribution < -0.4 is 20.1 Å². The minimum atomic E-state index is -4.53. The van der Waals surface area contributed by atoms with E-state index in [0.29, 0.717) is 5.56 Å². The van der Waals surface area contributed by atoms with Crippen molar-refractivity contribution in [2.45, 2.75) is 6.18 Å². The van der Waals surface area contributed by atoms with E-state index in [-0.39, 0.29) is 27.3 Å². The van der Waals surface area contributed by atoms with Gasteiger partial charge in [-0.25, -0.2) is 4.79 Å². The number of alkyl halides is 3. The molecule has 14 heteroatoms. The molecule has 0 unspecified atom stereocenters. The zero-order valence-electron chi connectivity index (χ0n) is 19.3. The fraction of sp³-hybridized carbons (Fsp3) is 0.174. The van der Waals surface area contributed by atoms with Gasteiger partial charge < -0.3 is 19.5 Å². The predicted octanol–water partition coefficient (Wildman–Crippen LogP) is 3.34. The number of methoxy groups -OCH3 is 2. The summed E-state index contributed by atoms with van der Waals surface area (Å²) in [6.07, 6.45) is -2.12. The molecule has 1 aliphatic rings. The van der Waals surface area contributed by atoms with Crippen molar-refractivity contribution in [1.29, 1.82) is 0 Å². The number of carbonyl (C=O) groups is 3. The molecule has 1 aliphatic heterocycles. The second-order valence-electron chi connectivity index (χ2n) is 7.06. The summed E-state index contributed by atoms with van der Waals surface area (Å²) in [4.78, 5) is 35.3. The van der Waals surface area contributed by atoms with Crippen LogP contribution in [0.25, 0.3) is 0 Å². The van der Waals surface area contributed by atoms with Crippen molar-refractivity contribution < 1.29 is 41.8 Å². The lowest BCUT2D eigenvalue weighted by molar-refractivity contribution is -0.137. The zero-order chi connectivity index (χ0) is 27.0. The number of hydrogen-bond acceptors (Lipinski definition) is 9. The van der Waals surface area contributed by atoms with Gasteiger partial charge in [-0.2, -0.15) is 18.3 Å². The van der Waals surface area contributed by atoms with Crippen molar-refractivity contribution in [3.05, 3.63) is 64.6 Å². The Bertz CT molecular complexity index is 1290. The predicted molar refractivity (Wildman–Crippen MR) is 129 cm³/mol. The summed E-state index contributed by atoms with van der Waals surface area (Å²) in [5, 5.41) is 12.7. The summed E-state index contributed by atoms with van der Waals surface area (Å²) in [5.41, 5.74) is -0.364. The lowest BCUT2D eigenvalue weighted by Crippen LogP contribution is -2.20. The van der Waals surface area contributed by atoms with Crippen molar-refractivity contribution in [2.75, 3.05) is 26.1 Å². The molecule has 0 saturated carbocycles. The van der Waals surface area contributed by atoms with Gasteiger partial charge in [0, 0.05) is 11.8 Å². The van der Waals surface area contributed by atoms with Crippen LogP contribution in [0.5, 0.6) is 11.5 Å². The first-order valence-corrected chi connectivity index (χ1v) is 11.1. The first-order chi connectivity index (χ1) is 17.6. The van der Waals surface area contributed by atoms with Crippen LogP contribution in [0.4, 0.5) is 18.9 Å². The molecular weight excluding hydrogens is 517 g/mol. The number of rotatable bonds is 8. The average Bonchev–Trinajstić information content (AvgIpc) is 3.21. The Labute approximate surface area is 212 Å². The molecule has 0 aromatic heterocycles. The van der Waals surface area contributed by atoms with E-state index in [4.69, 9.17) is 9.47 Å². The minimum Gasteiger partial charge on any atom is -0.493 e. The molecule has 0 atom stereocenters. The summed E-state index contributed by atoms with van der Waals surface area (Å²) in [7, 11) is 2.57. The van der Waals surface area contributed by atoms with Gasteiger partial charge in [-0.1, -0.05) is 6.07 Å². The number of benzene rings is 2. The summed E-state index contributed by atoms with van der Waals surface area (Å²) < 4.78 is 53.7. The van der Waals surface area contributed by atoms with Crippen LogP contribution in [-0.4, -0.2) is 50.0 Å². The summed E-state index contributed by atoms with van der Waals surface area (Å²) in [6, 6.07) is 8.88. The summed E-state index contributed by atoms with van der Waals surface area (Å²) in [5.74, 6) is -1.38. The molecule has 0 radical (unpaired) electrons. The number of nitrogens with zero attached hydrogens (tertiary/aromatic N) is 2. The number of nitrogens with one attached hydrogen (secondary N) is 2. The highest BCUT2D eigenvalue weighted by Gasteiger charge is 2.30. The highest BCUT2D eigenvalue weighted by Crippen LogP contribution is 2.31. The normalized spacial score (nSPS) is 15.6. The quantitative estimate of drug-likeness (QED) is 0.229. The number of carbonyl (C=O) groups excluding carboxylic acids is 3. The van der Waals surface area contributed by atoms with Gasteiger partial charge in [-0.05, 0) is 53.7 Å². The minimum absolute atomic E-state index is 0.0203. The van der Waals surface area contributed by atoms with Gasteiger partial charge in [0.1, 0.15) is 0 Å². The number of esters is 1. The molecular formula is C23H19F3N4O6S. The van der Waals surface area contributed by atoms with E-state index in [2.05, 4.69) is 25.6 Å². The monoisotopic (exact) mass is 536 g/mol. The maximum atomic E-state index is 12.8. The largest absolute Gasteiger partial charge is 0.493 e. The molecule has 1 heterocycles. The zero-order valence-corrected chi connectivity index (χ0v) is 20.1. The van der Waals surface area contributed by atoms with Gasteiger partial charge in [-0.3, -0.25) is 14.9 Å². The smallest absolute Gasteiger partial charge is 0.416 e. The number of halogens is 3. The number of thioether (sulfide) groups is 1. The molecule has 1 saturated heterocycles. The number of amides is 2. The summed E-state index contributed by atoms with van der Waals surface area (Å²) in [6.45, 7) is -0.480. The highest BCUT2D eigenvalue weighted by molar-refractivity contribution is 8.18. The molecule has 0 bridgehead atoms. The second-order valence-corrected chi connectivity index (χ2v) is 8.09. The SMILES string of the molecule is COC(=O)/C=C1/S/C(=N\N=Cc2ccc(OCC(=O)Nc3cccc(C(F)(F)F)c3)c(OC)c2)NC1=O. The molecule has 10 nitrogen and oxygen atoms in total. The molecule has 3 rings (SSSR count). The molecule has 2 aromatic carbocycles. The Hall–Kier alpha value is -4.33. The van der Waals surface area contributed by atoms with Gasteiger partial charge in [0.15, 0.2) is 23.3 Å². The number of ether oxygens (including phenoxy) is 3. The second kappa shape index (κ2) is 12.1. The lowest BCUT2D eigenvalue weighted by atomic mass is 10.2. The van der Waals surface area contributed by atoms with Gasteiger partial charge in [-0.15, -0.1) is 5.10 Å². The van der Waals surface area contributed by atoms with Crippen LogP contribution in [0.1, 0.15) is 11.1 Å². The first-order valence-electron chi connectivity index (χ1n) is 10.3. The molecule has 0 aliphatic carbocycles. The fourth-order valence-electron chi connectivity index (χ4n) is 2.79. The Morgan fingerprint density at radius 1 is 1.14 bits per heavy atom. The molecule has 194 valence electrons. The maximum Gasteiger partial charge on any atom is 0.416 e. The van der Waals surface area contributed by atoms with Crippen LogP contribution in [0.15, 0.2) is 63.6 Å². The van der Waals surface area contributed by atoms with E-state index < -0.39 is 36.1 Å². The Morgan fingerprint density at radius 3 is 2.62 bits per heavy atom. The Morgan fingerprint density at radius 2 is 1.92 bits per heavy atom. The van der Waals surface area contributed by atoms with E-state index in [1.54, 1.807) is 12.1 Å². The van der Waals surface area contributed by atoms with E-state index in [1.165, 1.54) is 38.6 Å². The maximum absolute atomic E-state index is 12.8. The molecule has 2 aromatic rings. The lowest BCUT2D eigenvalue weighted by Gasteiger charge is -2.12. The third-order valence-corrected chi connectivity index (χ3v) is 5.38. The van der Waals surface area contributed by atoms with E-state index in [1.807, 2.05) is 0 Å². The van der Waals surface area contributed by atoms with Crippen LogP contribution >= 0.6 is 11.8 Å². The number of anilines is 1. The van der Waals surface area contributed by atoms with Crippen LogP contribution in [0.3, 0.4) is 0 Å². The van der Waals surface area contributed by atoms with Crippen molar-refractivity contribution >= 4 is 46.6 Å². The number of hydrogen-bond donors (Lipinski definition) is 2. The third kappa shape index (κ3) is 7.83. The van der Waals surface area contributed by atoms with Crippen molar-refractivity contribution in [3.8, 4) is 11.5 Å². The third-order valence-electron chi connectivity index (χ3n) is 4.48. The van der Waals surface area contributed by atoms with Crippen molar-refractivity contribution in [3.63, 3.8) is 0 Å². The van der Waals surface area contributed by atoms with Crippen molar-refractivity contribution in [1.82, 2.24) is 5.32 Å². The van der Waals surface area contributed by atoms with E-state index in [9.17, 15) is 27.6 Å². The van der Waals surface area contributed by atoms with Crippen LogP contribution in [-0.2, 0) is 25.3 Å². The Balaban J connectivity index is 1.59. The molecule has 2 N–H and O–H groups in total. The highest BCUT2D eigenvalue weighted by atomic mass is 32.2. The van der Waals surface area contributed by atoms with Crippen molar-refractivity contribution in [2.24, 2.45) is 10.2 Å². The van der Waals surface area contributed by atoms with Gasteiger partial charge >= 0.3 is 12.1 Å². The topological polar surface area (TPSA) is 128 Å². The molecule has 1 fully saturated rings. The van der Waals surface area contributed by atoms with Gasteiger partial charge in [0.25, 0.3) is 11.8 Å². The first kappa shape index (κ1) is 27.3.